The Bertz CT molecular complexity index is 1430. The lowest BCUT2D eigenvalue weighted by Crippen LogP contribution is -2.49. The Kier molecular flexibility index (Phi) is 6.13. The molecule has 0 radical (unpaired) electrons. The Morgan fingerprint density at radius 2 is 1.89 bits per heavy atom. The summed E-state index contributed by atoms with van der Waals surface area (Å²) in [5.41, 5.74) is 4.09. The molecule has 1 saturated heterocycles. The average Bonchev–Trinajstić information content (AvgIpc) is 3.34. The summed E-state index contributed by atoms with van der Waals surface area (Å²) in [5.74, 6) is 0.319. The molecule has 1 aromatic carbocycles. The second-order valence-corrected chi connectivity index (χ2v) is 11.7. The first-order valence-electron chi connectivity index (χ1n) is 12.6. The van der Waals surface area contributed by atoms with E-state index in [-0.39, 0.29) is 17.9 Å². The number of fused-ring (bicyclic) bond motifs is 1. The number of nitrogens with zero attached hydrogens (tertiary/aromatic N) is 4. The van der Waals surface area contributed by atoms with E-state index >= 15 is 0 Å². The van der Waals surface area contributed by atoms with Crippen LogP contribution in [0.1, 0.15) is 75.3 Å². The summed E-state index contributed by atoms with van der Waals surface area (Å²) < 4.78 is 1.83. The molecule has 4 heterocycles. The zero-order valence-electron chi connectivity index (χ0n) is 20.5. The lowest BCUT2D eigenvalue weighted by atomic mass is 10.0. The molecule has 36 heavy (non-hydrogen) atoms. The van der Waals surface area contributed by atoms with Crippen LogP contribution in [0.25, 0.3) is 15.4 Å². The highest BCUT2D eigenvalue weighted by molar-refractivity contribution is 7.15. The highest BCUT2D eigenvalue weighted by Crippen LogP contribution is 2.45. The van der Waals surface area contributed by atoms with E-state index in [0.29, 0.717) is 36.1 Å². The standard InChI is InChI=1S/C27H29N5O2S2/c1-16-6-8-18(9-7-16)23-21(30-25(36-23)19-10-11-19)26(34)31-12-4-3-5-20(31)15-28-24(33)22-17(2)29-27-32(22)13-14-35-27/h6-9,13-14,19-20H,3-5,10-12,15H2,1-2H3,(H,28,33)/t20-/m0/s1. The fourth-order valence-electron chi connectivity index (χ4n) is 4.97. The van der Waals surface area contributed by atoms with Gasteiger partial charge in [-0.25, -0.2) is 9.97 Å². The van der Waals surface area contributed by atoms with Gasteiger partial charge < -0.3 is 10.2 Å². The number of benzene rings is 1. The molecular formula is C27H29N5O2S2. The highest BCUT2D eigenvalue weighted by Gasteiger charge is 2.34. The molecular weight excluding hydrogens is 490 g/mol. The van der Waals surface area contributed by atoms with Crippen LogP contribution in [0.3, 0.4) is 0 Å². The molecule has 9 heteroatoms. The molecule has 4 aromatic rings. The molecule has 0 spiro atoms. The van der Waals surface area contributed by atoms with E-state index in [2.05, 4.69) is 41.5 Å². The zero-order valence-corrected chi connectivity index (χ0v) is 22.1. The van der Waals surface area contributed by atoms with Gasteiger partial charge in [0.25, 0.3) is 11.8 Å². The van der Waals surface area contributed by atoms with Gasteiger partial charge in [0.15, 0.2) is 4.96 Å². The molecule has 7 nitrogen and oxygen atoms in total. The van der Waals surface area contributed by atoms with Crippen molar-refractivity contribution >= 4 is 39.4 Å². The van der Waals surface area contributed by atoms with Gasteiger partial charge in [0.2, 0.25) is 0 Å². The Balaban J connectivity index is 1.24. The smallest absolute Gasteiger partial charge is 0.274 e. The molecule has 2 amide bonds. The van der Waals surface area contributed by atoms with Crippen LogP contribution in [0.5, 0.6) is 0 Å². The largest absolute Gasteiger partial charge is 0.349 e. The van der Waals surface area contributed by atoms with E-state index in [1.165, 1.54) is 16.9 Å². The Labute approximate surface area is 218 Å². The van der Waals surface area contributed by atoms with Crippen LogP contribution in [-0.2, 0) is 0 Å². The third-order valence-electron chi connectivity index (χ3n) is 7.12. The van der Waals surface area contributed by atoms with E-state index in [4.69, 9.17) is 4.98 Å². The molecule has 6 rings (SSSR count). The maximum absolute atomic E-state index is 13.9. The lowest BCUT2D eigenvalue weighted by Gasteiger charge is -2.35. The highest BCUT2D eigenvalue weighted by atomic mass is 32.1. The van der Waals surface area contributed by atoms with Crippen molar-refractivity contribution in [2.45, 2.75) is 57.9 Å². The summed E-state index contributed by atoms with van der Waals surface area (Å²) >= 11 is 3.17. The first kappa shape index (κ1) is 23.4. The van der Waals surface area contributed by atoms with Crippen LogP contribution in [0.15, 0.2) is 35.8 Å². The third-order valence-corrected chi connectivity index (χ3v) is 9.15. The van der Waals surface area contributed by atoms with Gasteiger partial charge in [-0.3, -0.25) is 14.0 Å². The molecule has 1 atom stereocenters. The topological polar surface area (TPSA) is 79.6 Å². The minimum absolute atomic E-state index is 0.0200. The lowest BCUT2D eigenvalue weighted by molar-refractivity contribution is 0.0597. The molecule has 0 unspecified atom stereocenters. The van der Waals surface area contributed by atoms with Crippen LogP contribution in [0, 0.1) is 13.8 Å². The Morgan fingerprint density at radius 3 is 2.67 bits per heavy atom. The number of nitrogens with one attached hydrogen (secondary N) is 1. The summed E-state index contributed by atoms with van der Waals surface area (Å²) in [7, 11) is 0. The van der Waals surface area contributed by atoms with Crippen molar-refractivity contribution in [1.29, 1.82) is 0 Å². The summed E-state index contributed by atoms with van der Waals surface area (Å²) in [5, 5.41) is 6.09. The van der Waals surface area contributed by atoms with Crippen molar-refractivity contribution in [3.05, 3.63) is 63.5 Å². The molecule has 186 valence electrons. The number of piperidine rings is 1. The third kappa shape index (κ3) is 4.35. The van der Waals surface area contributed by atoms with E-state index in [1.54, 1.807) is 11.3 Å². The summed E-state index contributed by atoms with van der Waals surface area (Å²) in [6.45, 7) is 5.03. The molecule has 1 saturated carbocycles. The quantitative estimate of drug-likeness (QED) is 0.368. The number of aromatic nitrogens is 3. The maximum Gasteiger partial charge on any atom is 0.274 e. The van der Waals surface area contributed by atoms with Gasteiger partial charge in [-0.05, 0) is 51.5 Å². The Hall–Kier alpha value is -3.04. The fraction of sp³-hybridized carbons (Fsp3) is 0.407. The first-order valence-corrected chi connectivity index (χ1v) is 14.3. The number of hydrogen-bond acceptors (Lipinski definition) is 6. The molecule has 1 aliphatic heterocycles. The van der Waals surface area contributed by atoms with Crippen molar-refractivity contribution in [2.75, 3.05) is 13.1 Å². The number of amides is 2. The minimum atomic E-state index is -0.151. The number of thiazole rings is 2. The predicted octanol–water partition coefficient (Wildman–Crippen LogP) is 5.44. The molecule has 2 fully saturated rings. The first-order chi connectivity index (χ1) is 17.5. The van der Waals surface area contributed by atoms with Crippen LogP contribution in [0.4, 0.5) is 0 Å². The Morgan fingerprint density at radius 1 is 1.08 bits per heavy atom. The fourth-order valence-corrected chi connectivity index (χ4v) is 6.96. The van der Waals surface area contributed by atoms with E-state index in [9.17, 15) is 9.59 Å². The van der Waals surface area contributed by atoms with Gasteiger partial charge in [-0.1, -0.05) is 29.8 Å². The van der Waals surface area contributed by atoms with Crippen molar-refractivity contribution in [1.82, 2.24) is 24.6 Å². The van der Waals surface area contributed by atoms with Crippen molar-refractivity contribution < 1.29 is 9.59 Å². The predicted molar refractivity (Wildman–Crippen MR) is 143 cm³/mol. The van der Waals surface area contributed by atoms with Gasteiger partial charge in [0.1, 0.15) is 11.4 Å². The summed E-state index contributed by atoms with van der Waals surface area (Å²) in [6.07, 6.45) is 7.05. The number of aryl methyl sites for hydroxylation is 2. The van der Waals surface area contributed by atoms with Gasteiger partial charge in [-0.2, -0.15) is 0 Å². The number of carbonyl (C=O) groups excluding carboxylic acids is 2. The molecule has 3 aromatic heterocycles. The number of rotatable bonds is 6. The molecule has 0 bridgehead atoms. The number of likely N-dealkylation sites (tertiary alicyclic amines) is 1. The molecule has 2 aliphatic rings. The SMILES string of the molecule is Cc1ccc(-c2sc(C3CC3)nc2C(=O)N2CCCC[C@H]2CNC(=O)c2c(C)nc3sccn23)cc1. The van der Waals surface area contributed by atoms with Crippen LogP contribution in [0.2, 0.25) is 0 Å². The van der Waals surface area contributed by atoms with Crippen LogP contribution < -0.4 is 5.32 Å². The zero-order chi connectivity index (χ0) is 24.8. The number of imidazole rings is 1. The number of carbonyl (C=O) groups is 2. The normalized spacial score (nSPS) is 18.1. The molecule has 1 aliphatic carbocycles. The summed E-state index contributed by atoms with van der Waals surface area (Å²) in [4.78, 5) is 40.1. The van der Waals surface area contributed by atoms with Gasteiger partial charge in [-0.15, -0.1) is 22.7 Å². The monoisotopic (exact) mass is 519 g/mol. The maximum atomic E-state index is 13.9. The van der Waals surface area contributed by atoms with E-state index < -0.39 is 0 Å². The van der Waals surface area contributed by atoms with Gasteiger partial charge >= 0.3 is 0 Å². The number of hydrogen-bond donors (Lipinski definition) is 1. The van der Waals surface area contributed by atoms with Gasteiger partial charge in [0.05, 0.1) is 15.6 Å². The average molecular weight is 520 g/mol. The summed E-state index contributed by atoms with van der Waals surface area (Å²) in [6, 6.07) is 8.29. The van der Waals surface area contributed by atoms with Crippen molar-refractivity contribution in [3.63, 3.8) is 0 Å². The molecule has 1 N–H and O–H groups in total. The van der Waals surface area contributed by atoms with Crippen LogP contribution in [-0.4, -0.2) is 50.2 Å². The van der Waals surface area contributed by atoms with Crippen molar-refractivity contribution in [2.24, 2.45) is 0 Å². The second-order valence-electron chi connectivity index (χ2n) is 9.83. The van der Waals surface area contributed by atoms with Crippen LogP contribution >= 0.6 is 22.7 Å². The van der Waals surface area contributed by atoms with Gasteiger partial charge in [0, 0.05) is 36.6 Å². The second kappa shape index (κ2) is 9.44. The minimum Gasteiger partial charge on any atom is -0.349 e. The van der Waals surface area contributed by atoms with Crippen molar-refractivity contribution in [3.8, 4) is 10.4 Å². The van der Waals surface area contributed by atoms with E-state index in [1.807, 2.05) is 27.8 Å². The van der Waals surface area contributed by atoms with E-state index in [0.717, 1.165) is 52.5 Å².